The molecule has 0 unspecified atom stereocenters. The van der Waals surface area contributed by atoms with Gasteiger partial charge >= 0.3 is 0 Å². The van der Waals surface area contributed by atoms with Crippen molar-refractivity contribution in [3.05, 3.63) is 59.7 Å². The summed E-state index contributed by atoms with van der Waals surface area (Å²) in [6, 6.07) is 14.1. The van der Waals surface area contributed by atoms with E-state index < -0.39 is 5.91 Å². The van der Waals surface area contributed by atoms with Gasteiger partial charge in [0.15, 0.2) is 5.11 Å². The molecule has 3 rings (SSSR count). The molecule has 2 aromatic carbocycles. The highest BCUT2D eigenvalue weighted by Crippen LogP contribution is 2.22. The van der Waals surface area contributed by atoms with Crippen LogP contribution in [-0.2, 0) is 4.74 Å². The number of carbonyl (C=O) groups is 2. The van der Waals surface area contributed by atoms with Crippen molar-refractivity contribution < 1.29 is 19.1 Å². The molecule has 0 aliphatic carbocycles. The average molecular weight is 456 g/mol. The van der Waals surface area contributed by atoms with E-state index in [1.807, 2.05) is 17.0 Å². The maximum atomic E-state index is 13.1. The third kappa shape index (κ3) is 6.27. The molecule has 0 aromatic heterocycles. The molecule has 1 saturated heterocycles. The summed E-state index contributed by atoms with van der Waals surface area (Å²) in [5.74, 6) is 0.645. The van der Waals surface area contributed by atoms with Crippen molar-refractivity contribution in [1.29, 1.82) is 0 Å². The highest BCUT2D eigenvalue weighted by atomic mass is 32.1. The number of amides is 2. The van der Waals surface area contributed by atoms with E-state index in [0.29, 0.717) is 41.7 Å². The van der Waals surface area contributed by atoms with Gasteiger partial charge in [-0.25, -0.2) is 0 Å². The van der Waals surface area contributed by atoms with Crippen LogP contribution in [0.4, 0.5) is 5.69 Å². The first-order valence-electron chi connectivity index (χ1n) is 10.7. The van der Waals surface area contributed by atoms with E-state index in [4.69, 9.17) is 21.7 Å². The number of hydrogen-bond acceptors (Lipinski definition) is 5. The Morgan fingerprint density at radius 3 is 2.41 bits per heavy atom. The van der Waals surface area contributed by atoms with Crippen molar-refractivity contribution in [3.63, 3.8) is 0 Å². The van der Waals surface area contributed by atoms with E-state index >= 15 is 0 Å². The molecule has 170 valence electrons. The van der Waals surface area contributed by atoms with Gasteiger partial charge in [-0.05, 0) is 55.2 Å². The number of benzene rings is 2. The minimum atomic E-state index is -0.399. The lowest BCUT2D eigenvalue weighted by Crippen LogP contribution is -2.39. The van der Waals surface area contributed by atoms with Crippen LogP contribution in [0.5, 0.6) is 5.75 Å². The Morgan fingerprint density at radius 2 is 1.69 bits per heavy atom. The van der Waals surface area contributed by atoms with Crippen LogP contribution in [-0.4, -0.2) is 55.2 Å². The number of carbonyl (C=O) groups excluding carboxylic acids is 2. The standard InChI is InChI=1S/C24H29N3O4S/c1-17-11-13-27(14-12-17)23(29)18-7-3-5-9-20(18)25-24(32)26-22(28)19-8-4-6-10-21(19)31-16-15-30-2/h3-10,17H,11-16H2,1-2H3,(H2,25,26,28,32). The second kappa shape index (κ2) is 11.6. The van der Waals surface area contributed by atoms with Crippen molar-refractivity contribution >= 4 is 34.8 Å². The topological polar surface area (TPSA) is 79.9 Å². The summed E-state index contributed by atoms with van der Waals surface area (Å²) in [5.41, 5.74) is 1.45. The first-order valence-corrected chi connectivity index (χ1v) is 11.1. The summed E-state index contributed by atoms with van der Waals surface area (Å²) in [6.45, 7) is 4.44. The fourth-order valence-electron chi connectivity index (χ4n) is 3.50. The molecule has 0 radical (unpaired) electrons. The van der Waals surface area contributed by atoms with E-state index in [1.165, 1.54) is 0 Å². The molecule has 7 nitrogen and oxygen atoms in total. The van der Waals surface area contributed by atoms with E-state index in [2.05, 4.69) is 17.6 Å². The van der Waals surface area contributed by atoms with Gasteiger partial charge in [-0.15, -0.1) is 0 Å². The lowest BCUT2D eigenvalue weighted by molar-refractivity contribution is 0.0698. The van der Waals surface area contributed by atoms with Gasteiger partial charge in [-0.1, -0.05) is 31.2 Å². The Bertz CT molecular complexity index is 958. The minimum absolute atomic E-state index is 0.0361. The maximum Gasteiger partial charge on any atom is 0.261 e. The number of thiocarbonyl (C=S) groups is 1. The third-order valence-electron chi connectivity index (χ3n) is 5.38. The molecule has 1 aliphatic heterocycles. The van der Waals surface area contributed by atoms with Crippen molar-refractivity contribution in [2.24, 2.45) is 5.92 Å². The Hall–Kier alpha value is -2.97. The first kappa shape index (κ1) is 23.7. The number of nitrogens with one attached hydrogen (secondary N) is 2. The molecule has 32 heavy (non-hydrogen) atoms. The molecule has 8 heteroatoms. The van der Waals surface area contributed by atoms with E-state index in [0.717, 1.165) is 25.9 Å². The number of hydrogen-bond donors (Lipinski definition) is 2. The summed E-state index contributed by atoms with van der Waals surface area (Å²) in [5, 5.41) is 5.78. The fourth-order valence-corrected chi connectivity index (χ4v) is 3.70. The van der Waals surface area contributed by atoms with Gasteiger partial charge in [0.2, 0.25) is 0 Å². The largest absolute Gasteiger partial charge is 0.490 e. The Morgan fingerprint density at radius 1 is 1.03 bits per heavy atom. The summed E-state index contributed by atoms with van der Waals surface area (Å²) in [6.07, 6.45) is 2.00. The van der Waals surface area contributed by atoms with Crippen LogP contribution >= 0.6 is 12.2 Å². The molecule has 2 amide bonds. The van der Waals surface area contributed by atoms with Crippen LogP contribution in [0.2, 0.25) is 0 Å². The van der Waals surface area contributed by atoms with E-state index in [1.54, 1.807) is 43.5 Å². The second-order valence-electron chi connectivity index (χ2n) is 7.77. The normalized spacial score (nSPS) is 14.0. The summed E-state index contributed by atoms with van der Waals surface area (Å²) < 4.78 is 10.6. The molecule has 1 fully saturated rings. The van der Waals surface area contributed by atoms with Crippen molar-refractivity contribution in [1.82, 2.24) is 10.2 Å². The van der Waals surface area contributed by atoms with Crippen molar-refractivity contribution in [3.8, 4) is 5.75 Å². The molecule has 2 N–H and O–H groups in total. The molecule has 1 aliphatic rings. The van der Waals surface area contributed by atoms with Gasteiger partial charge in [0.05, 0.1) is 23.4 Å². The predicted octanol–water partition coefficient (Wildman–Crippen LogP) is 3.71. The minimum Gasteiger partial charge on any atom is -0.490 e. The van der Waals surface area contributed by atoms with Gasteiger partial charge in [0.1, 0.15) is 12.4 Å². The van der Waals surface area contributed by atoms with Crippen LogP contribution < -0.4 is 15.4 Å². The Kier molecular flexibility index (Phi) is 8.58. The highest BCUT2D eigenvalue weighted by Gasteiger charge is 2.23. The molecule has 0 saturated carbocycles. The quantitative estimate of drug-likeness (QED) is 0.489. The Balaban J connectivity index is 1.66. The molecule has 0 spiro atoms. The number of piperidine rings is 1. The SMILES string of the molecule is COCCOc1ccccc1C(=O)NC(=S)Nc1ccccc1C(=O)N1CCC(C)CC1. The summed E-state index contributed by atoms with van der Waals surface area (Å²) >= 11 is 5.35. The monoisotopic (exact) mass is 455 g/mol. The number of rotatable bonds is 7. The number of anilines is 1. The summed E-state index contributed by atoms with van der Waals surface area (Å²) in [4.78, 5) is 27.7. The van der Waals surface area contributed by atoms with Gasteiger partial charge < -0.3 is 19.7 Å². The van der Waals surface area contributed by atoms with Crippen LogP contribution in [0.15, 0.2) is 48.5 Å². The zero-order valence-electron chi connectivity index (χ0n) is 18.4. The summed E-state index contributed by atoms with van der Waals surface area (Å²) in [7, 11) is 1.58. The van der Waals surface area contributed by atoms with Gasteiger partial charge in [-0.2, -0.15) is 0 Å². The fraction of sp³-hybridized carbons (Fsp3) is 0.375. The number of ether oxygens (including phenoxy) is 2. The van der Waals surface area contributed by atoms with Crippen LogP contribution in [0.3, 0.4) is 0 Å². The molecule has 1 heterocycles. The number of para-hydroxylation sites is 2. The molecular formula is C24H29N3O4S. The van der Waals surface area contributed by atoms with Gasteiger partial charge in [0, 0.05) is 20.2 Å². The predicted molar refractivity (Wildman–Crippen MR) is 128 cm³/mol. The van der Waals surface area contributed by atoms with Crippen molar-refractivity contribution in [2.75, 3.05) is 38.7 Å². The zero-order valence-corrected chi connectivity index (χ0v) is 19.2. The average Bonchev–Trinajstić information content (AvgIpc) is 2.80. The van der Waals surface area contributed by atoms with E-state index in [-0.39, 0.29) is 11.0 Å². The molecule has 0 bridgehead atoms. The highest BCUT2D eigenvalue weighted by molar-refractivity contribution is 7.80. The third-order valence-corrected chi connectivity index (χ3v) is 5.58. The van der Waals surface area contributed by atoms with Gasteiger partial charge in [0.25, 0.3) is 11.8 Å². The van der Waals surface area contributed by atoms with Crippen LogP contribution in [0.25, 0.3) is 0 Å². The smallest absolute Gasteiger partial charge is 0.261 e. The van der Waals surface area contributed by atoms with Crippen molar-refractivity contribution in [2.45, 2.75) is 19.8 Å². The molecular weight excluding hydrogens is 426 g/mol. The lowest BCUT2D eigenvalue weighted by Gasteiger charge is -2.31. The second-order valence-corrected chi connectivity index (χ2v) is 8.17. The number of likely N-dealkylation sites (tertiary alicyclic amines) is 1. The molecule has 2 aromatic rings. The number of nitrogens with zero attached hydrogens (tertiary/aromatic N) is 1. The molecule has 0 atom stereocenters. The zero-order chi connectivity index (χ0) is 22.9. The van der Waals surface area contributed by atoms with Crippen LogP contribution in [0, 0.1) is 5.92 Å². The van der Waals surface area contributed by atoms with Gasteiger partial charge in [-0.3, -0.25) is 14.9 Å². The van der Waals surface area contributed by atoms with E-state index in [9.17, 15) is 9.59 Å². The number of methoxy groups -OCH3 is 1. The lowest BCUT2D eigenvalue weighted by atomic mass is 9.98. The van der Waals surface area contributed by atoms with Crippen LogP contribution in [0.1, 0.15) is 40.5 Å². The Labute approximate surface area is 194 Å². The first-order chi connectivity index (χ1) is 15.5. The maximum absolute atomic E-state index is 13.1.